The van der Waals surface area contributed by atoms with Crippen molar-refractivity contribution in [1.82, 2.24) is 10.1 Å². The van der Waals surface area contributed by atoms with Gasteiger partial charge in [-0.15, -0.1) is 11.3 Å². The Labute approximate surface area is 174 Å². The normalized spacial score (nSPS) is 15.5. The molecule has 1 aliphatic carbocycles. The average Bonchev–Trinajstić information content (AvgIpc) is 3.09. The Morgan fingerprint density at radius 2 is 2.07 bits per heavy atom. The van der Waals surface area contributed by atoms with Crippen LogP contribution in [0.15, 0.2) is 51.2 Å². The van der Waals surface area contributed by atoms with E-state index in [1.165, 1.54) is 17.4 Å². The van der Waals surface area contributed by atoms with Gasteiger partial charge < -0.3 is 9.84 Å². The van der Waals surface area contributed by atoms with Crippen LogP contribution < -0.4 is 5.32 Å². The van der Waals surface area contributed by atoms with Crippen LogP contribution in [-0.2, 0) is 20.0 Å². The number of amides is 1. The highest BCUT2D eigenvalue weighted by molar-refractivity contribution is 7.90. The first kappa shape index (κ1) is 18.5. The molecule has 1 aliphatic rings. The summed E-state index contributed by atoms with van der Waals surface area (Å²) in [6.45, 7) is 0. The first-order valence-corrected chi connectivity index (χ1v) is 12.4. The number of anilines is 1. The van der Waals surface area contributed by atoms with E-state index in [4.69, 9.17) is 4.52 Å². The van der Waals surface area contributed by atoms with Crippen LogP contribution in [0.25, 0.3) is 20.9 Å². The van der Waals surface area contributed by atoms with Gasteiger partial charge in [-0.25, -0.2) is 13.4 Å². The molecule has 3 aromatic heterocycles. The van der Waals surface area contributed by atoms with Gasteiger partial charge in [0.25, 0.3) is 0 Å². The fourth-order valence-electron chi connectivity index (χ4n) is 3.17. The predicted octanol–water partition coefficient (Wildman–Crippen LogP) is 4.09. The number of thiophene rings is 1. The van der Waals surface area contributed by atoms with Crippen molar-refractivity contribution in [1.29, 1.82) is 0 Å². The zero-order chi connectivity index (χ0) is 20.2. The number of sulfone groups is 1. The summed E-state index contributed by atoms with van der Waals surface area (Å²) in [6.07, 6.45) is 2.55. The molecular weight excluding hydrogens is 430 g/mol. The molecule has 1 amide bonds. The van der Waals surface area contributed by atoms with Crippen LogP contribution in [0.3, 0.4) is 0 Å². The van der Waals surface area contributed by atoms with Crippen LogP contribution in [0.1, 0.15) is 18.5 Å². The number of fused-ring (bicyclic) bond motifs is 1. The molecule has 3 heterocycles. The van der Waals surface area contributed by atoms with E-state index in [9.17, 15) is 13.2 Å². The zero-order valence-corrected chi connectivity index (χ0v) is 17.7. The minimum Gasteiger partial charge on any atom is -0.355 e. The molecule has 1 fully saturated rings. The zero-order valence-electron chi connectivity index (χ0n) is 15.2. The molecule has 1 N–H and O–H groups in total. The van der Waals surface area contributed by atoms with E-state index < -0.39 is 15.3 Å². The number of thiazole rings is 1. The van der Waals surface area contributed by atoms with Crippen LogP contribution in [0, 0.1) is 0 Å². The van der Waals surface area contributed by atoms with Crippen molar-refractivity contribution in [3.05, 3.63) is 47.5 Å². The second-order valence-corrected chi connectivity index (χ2v) is 11.0. The van der Waals surface area contributed by atoms with E-state index in [0.29, 0.717) is 39.6 Å². The fourth-order valence-corrected chi connectivity index (χ4v) is 5.46. The highest BCUT2D eigenvalue weighted by atomic mass is 32.2. The summed E-state index contributed by atoms with van der Waals surface area (Å²) in [5.41, 5.74) is 0.567. The molecule has 0 atom stereocenters. The summed E-state index contributed by atoms with van der Waals surface area (Å²) in [7, 11) is -3.30. The summed E-state index contributed by atoms with van der Waals surface area (Å²) in [5.74, 6) is 0.480. The number of carbonyl (C=O) groups is 1. The molecule has 0 bridgehead atoms. The minimum atomic E-state index is -3.30. The van der Waals surface area contributed by atoms with Crippen molar-refractivity contribution in [2.24, 2.45) is 0 Å². The molecule has 148 valence electrons. The maximum absolute atomic E-state index is 13.0. The summed E-state index contributed by atoms with van der Waals surface area (Å²) >= 11 is 2.80. The van der Waals surface area contributed by atoms with E-state index in [2.05, 4.69) is 15.5 Å². The quantitative estimate of drug-likeness (QED) is 0.496. The molecule has 1 aromatic carbocycles. The largest absolute Gasteiger partial charge is 0.355 e. The van der Waals surface area contributed by atoms with Crippen LogP contribution in [0.2, 0.25) is 0 Å². The third-order valence-corrected chi connectivity index (χ3v) is 7.89. The highest BCUT2D eigenvalue weighted by Gasteiger charge is 2.54. The SMILES string of the molecule is CS(=O)(=O)c1ccc2nc(NC(=O)C3(c4cc(-c5cccs5)on4)CC3)sc2c1. The summed E-state index contributed by atoms with van der Waals surface area (Å²) in [5, 5.41) is 9.40. The van der Waals surface area contributed by atoms with Gasteiger partial charge in [-0.05, 0) is 42.5 Å². The van der Waals surface area contributed by atoms with Crippen LogP contribution in [0.5, 0.6) is 0 Å². The average molecular weight is 446 g/mol. The van der Waals surface area contributed by atoms with Crippen LogP contribution in [0.4, 0.5) is 5.13 Å². The number of nitrogens with zero attached hydrogens (tertiary/aromatic N) is 2. The number of aromatic nitrogens is 2. The van der Waals surface area contributed by atoms with E-state index in [1.54, 1.807) is 23.5 Å². The maximum atomic E-state index is 13.0. The molecule has 0 spiro atoms. The number of nitrogens with one attached hydrogen (secondary N) is 1. The van der Waals surface area contributed by atoms with Crippen molar-refractivity contribution >= 4 is 53.8 Å². The predicted molar refractivity (Wildman–Crippen MR) is 112 cm³/mol. The highest BCUT2D eigenvalue weighted by Crippen LogP contribution is 2.49. The van der Waals surface area contributed by atoms with Crippen LogP contribution >= 0.6 is 22.7 Å². The van der Waals surface area contributed by atoms with E-state index in [-0.39, 0.29) is 10.8 Å². The molecule has 1 saturated carbocycles. The van der Waals surface area contributed by atoms with Crippen molar-refractivity contribution < 1.29 is 17.7 Å². The Kier molecular flexibility index (Phi) is 4.12. The van der Waals surface area contributed by atoms with Gasteiger partial charge in [-0.2, -0.15) is 0 Å². The number of hydrogen-bond acceptors (Lipinski definition) is 8. The summed E-state index contributed by atoms with van der Waals surface area (Å²) in [6, 6.07) is 10.5. The minimum absolute atomic E-state index is 0.175. The second kappa shape index (κ2) is 6.48. The fraction of sp³-hybridized carbons (Fsp3) is 0.211. The number of carbonyl (C=O) groups excluding carboxylic acids is 1. The van der Waals surface area contributed by atoms with E-state index in [1.807, 2.05) is 23.6 Å². The van der Waals surface area contributed by atoms with E-state index in [0.717, 1.165) is 11.1 Å². The summed E-state index contributed by atoms with van der Waals surface area (Å²) < 4.78 is 29.6. The topological polar surface area (TPSA) is 102 Å². The maximum Gasteiger partial charge on any atom is 0.238 e. The van der Waals surface area contributed by atoms with E-state index >= 15 is 0 Å². The standard InChI is InChI=1S/C19H15N3O4S3/c1-29(24,25)11-4-5-12-15(9-11)28-18(20-12)21-17(23)19(6-7-19)16-10-13(26-22-16)14-3-2-8-27-14/h2-5,8-10H,6-7H2,1H3,(H,20,21,23). The Morgan fingerprint density at radius 3 is 2.76 bits per heavy atom. The van der Waals surface area contributed by atoms with Crippen molar-refractivity contribution in [3.63, 3.8) is 0 Å². The molecular formula is C19H15N3O4S3. The molecule has 4 aromatic rings. The first-order chi connectivity index (χ1) is 13.8. The number of hydrogen-bond donors (Lipinski definition) is 1. The lowest BCUT2D eigenvalue weighted by Gasteiger charge is -2.10. The third kappa shape index (κ3) is 3.26. The molecule has 5 rings (SSSR count). The van der Waals surface area contributed by atoms with Gasteiger partial charge in [-0.3, -0.25) is 4.79 Å². The first-order valence-electron chi connectivity index (χ1n) is 8.78. The molecule has 0 saturated heterocycles. The molecule has 0 unspecified atom stereocenters. The number of rotatable bonds is 5. The van der Waals surface area contributed by atoms with Crippen molar-refractivity contribution in [3.8, 4) is 10.6 Å². The molecule has 0 radical (unpaired) electrons. The lowest BCUT2D eigenvalue weighted by atomic mass is 10.0. The second-order valence-electron chi connectivity index (χ2n) is 7.01. The van der Waals surface area contributed by atoms with Crippen molar-refractivity contribution in [2.75, 3.05) is 11.6 Å². The molecule has 0 aliphatic heterocycles. The van der Waals surface area contributed by atoms with Crippen molar-refractivity contribution in [2.45, 2.75) is 23.2 Å². The Hall–Kier alpha value is -2.56. The Bertz CT molecular complexity index is 1330. The van der Waals surface area contributed by atoms with Gasteiger partial charge >= 0.3 is 0 Å². The lowest BCUT2D eigenvalue weighted by molar-refractivity contribution is -0.118. The Morgan fingerprint density at radius 1 is 1.24 bits per heavy atom. The number of benzene rings is 1. The molecule has 10 heteroatoms. The monoisotopic (exact) mass is 445 g/mol. The van der Waals surface area contributed by atoms with Gasteiger partial charge in [0.05, 0.1) is 31.1 Å². The van der Waals surface area contributed by atoms with Gasteiger partial charge in [-0.1, -0.05) is 22.6 Å². The summed E-state index contributed by atoms with van der Waals surface area (Å²) in [4.78, 5) is 18.6. The Balaban J connectivity index is 1.40. The van der Waals surface area contributed by atoms with Crippen LogP contribution in [-0.4, -0.2) is 30.7 Å². The van der Waals surface area contributed by atoms with Gasteiger partial charge in [0, 0.05) is 12.3 Å². The van der Waals surface area contributed by atoms with Gasteiger partial charge in [0.15, 0.2) is 20.7 Å². The third-order valence-electron chi connectivity index (χ3n) is 4.96. The lowest BCUT2D eigenvalue weighted by Crippen LogP contribution is -2.28. The molecule has 29 heavy (non-hydrogen) atoms. The van der Waals surface area contributed by atoms with Gasteiger partial charge in [0.1, 0.15) is 0 Å². The molecule has 7 nitrogen and oxygen atoms in total. The smallest absolute Gasteiger partial charge is 0.238 e. The van der Waals surface area contributed by atoms with Gasteiger partial charge in [0.2, 0.25) is 5.91 Å².